The van der Waals surface area contributed by atoms with E-state index in [0.717, 1.165) is 37.1 Å². The van der Waals surface area contributed by atoms with Crippen molar-refractivity contribution < 1.29 is 4.79 Å². The van der Waals surface area contributed by atoms with Crippen LogP contribution in [0.2, 0.25) is 0 Å². The van der Waals surface area contributed by atoms with Crippen LogP contribution in [0.15, 0.2) is 24.3 Å². The Bertz CT molecular complexity index is 376. The first-order chi connectivity index (χ1) is 7.79. The lowest BCUT2D eigenvalue weighted by Crippen LogP contribution is -2.32. The molecule has 0 aliphatic carbocycles. The molecule has 0 radical (unpaired) electrons. The summed E-state index contributed by atoms with van der Waals surface area (Å²) in [4.78, 5) is 12.0. The van der Waals surface area contributed by atoms with Crippen LogP contribution >= 0.6 is 0 Å². The molecule has 1 aliphatic rings. The predicted octanol–water partition coefficient (Wildman–Crippen LogP) is 2.04. The molecule has 0 unspecified atom stereocenters. The molecule has 3 N–H and O–H groups in total. The Labute approximate surface area is 96.0 Å². The van der Waals surface area contributed by atoms with E-state index in [-0.39, 0.29) is 11.8 Å². The summed E-state index contributed by atoms with van der Waals surface area (Å²) in [5.41, 5.74) is 7.62. The molecule has 1 heterocycles. The Hall–Kier alpha value is -1.51. The van der Waals surface area contributed by atoms with E-state index in [1.807, 2.05) is 24.3 Å². The Morgan fingerprint density at radius 1 is 1.19 bits per heavy atom. The zero-order valence-electron chi connectivity index (χ0n) is 9.41. The highest BCUT2D eigenvalue weighted by atomic mass is 16.1. The van der Waals surface area contributed by atoms with E-state index in [1.54, 1.807) is 0 Å². The van der Waals surface area contributed by atoms with E-state index >= 15 is 0 Å². The third-order valence-electron chi connectivity index (χ3n) is 3.16. The normalized spacial score (nSPS) is 22.0. The predicted molar refractivity (Wildman–Crippen MR) is 65.1 cm³/mol. The van der Waals surface area contributed by atoms with Crippen molar-refractivity contribution in [3.05, 3.63) is 29.8 Å². The van der Waals surface area contributed by atoms with Crippen molar-refractivity contribution in [3.63, 3.8) is 0 Å². The molecule has 1 aromatic carbocycles. The Kier molecular flexibility index (Phi) is 3.44. The van der Waals surface area contributed by atoms with Crippen LogP contribution in [0.25, 0.3) is 0 Å². The van der Waals surface area contributed by atoms with Crippen molar-refractivity contribution in [3.8, 4) is 0 Å². The average Bonchev–Trinajstić information content (AvgIpc) is 2.26. The number of hydrogen-bond donors (Lipinski definition) is 2. The van der Waals surface area contributed by atoms with Gasteiger partial charge in [-0.15, -0.1) is 0 Å². The minimum absolute atomic E-state index is 0.0681. The van der Waals surface area contributed by atoms with Crippen LogP contribution in [-0.4, -0.2) is 12.5 Å². The molecule has 0 bridgehead atoms. The van der Waals surface area contributed by atoms with Crippen LogP contribution in [0.3, 0.4) is 0 Å². The van der Waals surface area contributed by atoms with Crippen LogP contribution in [0.1, 0.15) is 37.2 Å². The van der Waals surface area contributed by atoms with Crippen LogP contribution in [0.4, 0.5) is 5.69 Å². The smallest absolute Gasteiger partial charge is 0.227 e. The quantitative estimate of drug-likeness (QED) is 0.709. The number of rotatable bonds is 1. The molecule has 16 heavy (non-hydrogen) atoms. The van der Waals surface area contributed by atoms with Gasteiger partial charge in [-0.1, -0.05) is 31.0 Å². The first kappa shape index (κ1) is 11.0. The van der Waals surface area contributed by atoms with E-state index in [0.29, 0.717) is 0 Å². The summed E-state index contributed by atoms with van der Waals surface area (Å²) in [5.74, 6) is 0.0547. The topological polar surface area (TPSA) is 55.1 Å². The second-order valence-corrected chi connectivity index (χ2v) is 4.32. The number of para-hydroxylation sites is 1. The standard InChI is InChI=1S/C13H18N2O/c14-12-8-4-3-6-10(12)11-7-2-1-5-9-15-13(11)16/h3-4,6,8,11H,1-2,5,7,9,14H2,(H,15,16)/t11-/m0/s1. The maximum absolute atomic E-state index is 12.0. The van der Waals surface area contributed by atoms with Gasteiger partial charge in [-0.3, -0.25) is 4.79 Å². The summed E-state index contributed by atoms with van der Waals surface area (Å²) >= 11 is 0. The molecular weight excluding hydrogens is 200 g/mol. The van der Waals surface area contributed by atoms with Crippen molar-refractivity contribution in [2.45, 2.75) is 31.6 Å². The second kappa shape index (κ2) is 5.01. The average molecular weight is 218 g/mol. The first-order valence-corrected chi connectivity index (χ1v) is 5.91. The minimum Gasteiger partial charge on any atom is -0.398 e. The van der Waals surface area contributed by atoms with Crippen molar-refractivity contribution in [2.75, 3.05) is 12.3 Å². The van der Waals surface area contributed by atoms with E-state index < -0.39 is 0 Å². The van der Waals surface area contributed by atoms with Crippen molar-refractivity contribution in [2.24, 2.45) is 0 Å². The van der Waals surface area contributed by atoms with Gasteiger partial charge in [-0.25, -0.2) is 0 Å². The van der Waals surface area contributed by atoms with Gasteiger partial charge in [0.05, 0.1) is 5.92 Å². The molecule has 1 aromatic rings. The summed E-state index contributed by atoms with van der Waals surface area (Å²) in [6, 6.07) is 7.67. The summed E-state index contributed by atoms with van der Waals surface area (Å²) in [6.45, 7) is 0.794. The fourth-order valence-electron chi connectivity index (χ4n) is 2.24. The zero-order chi connectivity index (χ0) is 11.4. The largest absolute Gasteiger partial charge is 0.398 e. The minimum atomic E-state index is -0.0681. The van der Waals surface area contributed by atoms with Crippen LogP contribution in [0, 0.1) is 0 Å². The van der Waals surface area contributed by atoms with Crippen molar-refractivity contribution >= 4 is 11.6 Å². The third kappa shape index (κ3) is 2.35. The summed E-state index contributed by atoms with van der Waals surface area (Å²) in [7, 11) is 0. The number of nitrogens with two attached hydrogens (primary N) is 1. The summed E-state index contributed by atoms with van der Waals surface area (Å²) < 4.78 is 0. The Morgan fingerprint density at radius 3 is 2.81 bits per heavy atom. The Balaban J connectivity index is 2.22. The highest BCUT2D eigenvalue weighted by molar-refractivity contribution is 5.85. The van der Waals surface area contributed by atoms with Crippen LogP contribution < -0.4 is 11.1 Å². The fraction of sp³-hybridized carbons (Fsp3) is 0.462. The van der Waals surface area contributed by atoms with Gasteiger partial charge in [0, 0.05) is 12.2 Å². The molecular formula is C13H18N2O. The molecule has 0 saturated carbocycles. The van der Waals surface area contributed by atoms with Gasteiger partial charge in [-0.05, 0) is 24.5 Å². The lowest BCUT2D eigenvalue weighted by atomic mass is 9.90. The number of nitrogen functional groups attached to an aromatic ring is 1. The van der Waals surface area contributed by atoms with E-state index in [9.17, 15) is 4.79 Å². The van der Waals surface area contributed by atoms with Gasteiger partial charge in [0.1, 0.15) is 0 Å². The van der Waals surface area contributed by atoms with E-state index in [2.05, 4.69) is 5.32 Å². The highest BCUT2D eigenvalue weighted by Gasteiger charge is 2.22. The molecule has 1 fully saturated rings. The molecule has 2 rings (SSSR count). The number of nitrogens with one attached hydrogen (secondary N) is 1. The van der Waals surface area contributed by atoms with Crippen LogP contribution in [-0.2, 0) is 4.79 Å². The third-order valence-corrected chi connectivity index (χ3v) is 3.16. The van der Waals surface area contributed by atoms with Crippen molar-refractivity contribution in [1.29, 1.82) is 0 Å². The molecule has 3 heteroatoms. The van der Waals surface area contributed by atoms with Crippen LogP contribution in [0.5, 0.6) is 0 Å². The highest BCUT2D eigenvalue weighted by Crippen LogP contribution is 2.28. The van der Waals surface area contributed by atoms with Gasteiger partial charge in [-0.2, -0.15) is 0 Å². The number of carbonyl (C=O) groups is 1. The van der Waals surface area contributed by atoms with Gasteiger partial charge in [0.15, 0.2) is 0 Å². The van der Waals surface area contributed by atoms with E-state index in [4.69, 9.17) is 5.73 Å². The molecule has 1 atom stereocenters. The zero-order valence-corrected chi connectivity index (χ0v) is 9.41. The number of hydrogen-bond acceptors (Lipinski definition) is 2. The molecule has 1 saturated heterocycles. The van der Waals surface area contributed by atoms with Crippen molar-refractivity contribution in [1.82, 2.24) is 5.32 Å². The SMILES string of the molecule is Nc1ccccc1[C@@H]1CCCCCNC1=O. The number of anilines is 1. The maximum Gasteiger partial charge on any atom is 0.227 e. The molecule has 86 valence electrons. The molecule has 1 aliphatic heterocycles. The lowest BCUT2D eigenvalue weighted by Gasteiger charge is -2.21. The number of benzene rings is 1. The number of carbonyl (C=O) groups excluding carboxylic acids is 1. The van der Waals surface area contributed by atoms with Gasteiger partial charge >= 0.3 is 0 Å². The molecule has 3 nitrogen and oxygen atoms in total. The first-order valence-electron chi connectivity index (χ1n) is 5.91. The number of amides is 1. The second-order valence-electron chi connectivity index (χ2n) is 4.32. The lowest BCUT2D eigenvalue weighted by molar-refractivity contribution is -0.123. The van der Waals surface area contributed by atoms with Gasteiger partial charge in [0.25, 0.3) is 0 Å². The molecule has 0 spiro atoms. The fourth-order valence-corrected chi connectivity index (χ4v) is 2.24. The molecule has 1 amide bonds. The van der Waals surface area contributed by atoms with Gasteiger partial charge < -0.3 is 11.1 Å². The monoisotopic (exact) mass is 218 g/mol. The summed E-state index contributed by atoms with van der Waals surface area (Å²) in [6.07, 6.45) is 4.28. The van der Waals surface area contributed by atoms with E-state index in [1.165, 1.54) is 6.42 Å². The van der Waals surface area contributed by atoms with Gasteiger partial charge in [0.2, 0.25) is 5.91 Å². The molecule has 0 aromatic heterocycles. The Morgan fingerprint density at radius 2 is 2.00 bits per heavy atom. The summed E-state index contributed by atoms with van der Waals surface area (Å²) in [5, 5.41) is 2.97. The maximum atomic E-state index is 12.0.